The summed E-state index contributed by atoms with van der Waals surface area (Å²) < 4.78 is 5.56. The fraction of sp³-hybridized carbons (Fsp3) is 0.526. The van der Waals surface area contributed by atoms with E-state index in [1.165, 1.54) is 6.33 Å². The number of hydrogen-bond donors (Lipinski definition) is 4. The number of aliphatic hydroxyl groups excluding tert-OH is 1. The lowest BCUT2D eigenvalue weighted by atomic mass is 9.84. The molecule has 1 aliphatic heterocycles. The van der Waals surface area contributed by atoms with Gasteiger partial charge in [-0.2, -0.15) is 5.10 Å². The largest absolute Gasteiger partial charge is 0.396 e. The van der Waals surface area contributed by atoms with Gasteiger partial charge in [0, 0.05) is 37.3 Å². The van der Waals surface area contributed by atoms with Crippen LogP contribution in [-0.2, 0) is 11.3 Å². The molecular weight excluding hydrogens is 344 g/mol. The number of ether oxygens (including phenoxy) is 1. The summed E-state index contributed by atoms with van der Waals surface area (Å²) in [5.74, 6) is 1.52. The number of H-pyrrole nitrogens is 1. The maximum Gasteiger partial charge on any atom is 0.191 e. The van der Waals surface area contributed by atoms with Gasteiger partial charge < -0.3 is 20.5 Å². The van der Waals surface area contributed by atoms with E-state index >= 15 is 0 Å². The predicted octanol–water partition coefficient (Wildman–Crippen LogP) is 1.32. The van der Waals surface area contributed by atoms with Crippen molar-refractivity contribution in [3.63, 3.8) is 0 Å². The first-order valence-corrected chi connectivity index (χ1v) is 9.40. The summed E-state index contributed by atoms with van der Waals surface area (Å²) >= 11 is 0. The number of nitrogens with zero attached hydrogens (tertiary/aromatic N) is 3. The van der Waals surface area contributed by atoms with Crippen molar-refractivity contribution < 1.29 is 9.84 Å². The maximum atomic E-state index is 9.38. The Bertz CT molecular complexity index is 726. The van der Waals surface area contributed by atoms with Gasteiger partial charge in [0.2, 0.25) is 0 Å². The van der Waals surface area contributed by atoms with Gasteiger partial charge in [0.25, 0.3) is 0 Å². The van der Waals surface area contributed by atoms with E-state index in [4.69, 9.17) is 9.73 Å². The van der Waals surface area contributed by atoms with E-state index in [9.17, 15) is 5.11 Å². The molecule has 1 saturated heterocycles. The van der Waals surface area contributed by atoms with Crippen LogP contribution in [0, 0.1) is 5.41 Å². The van der Waals surface area contributed by atoms with Gasteiger partial charge in [-0.3, -0.25) is 5.10 Å². The molecule has 1 atom stereocenters. The Morgan fingerprint density at radius 1 is 1.41 bits per heavy atom. The van der Waals surface area contributed by atoms with Gasteiger partial charge in [0.05, 0.1) is 13.2 Å². The Kier molecular flexibility index (Phi) is 6.78. The first kappa shape index (κ1) is 19.3. The SMILES string of the molecule is CCNC(=NCc1cccc(-c2ncn[nH]2)c1)NCC1(CCO)CCOC1. The molecule has 3 rings (SSSR count). The number of nitrogens with one attached hydrogen (secondary N) is 3. The number of guanidine groups is 1. The van der Waals surface area contributed by atoms with Crippen molar-refractivity contribution in [1.82, 2.24) is 25.8 Å². The lowest BCUT2D eigenvalue weighted by molar-refractivity contribution is 0.127. The lowest BCUT2D eigenvalue weighted by Gasteiger charge is -2.27. The molecule has 0 saturated carbocycles. The topological polar surface area (TPSA) is 107 Å². The molecule has 0 amide bonds. The molecule has 0 spiro atoms. The Balaban J connectivity index is 1.64. The summed E-state index contributed by atoms with van der Waals surface area (Å²) in [6, 6.07) is 8.10. The lowest BCUT2D eigenvalue weighted by Crippen LogP contribution is -2.44. The van der Waals surface area contributed by atoms with Gasteiger partial charge in [-0.1, -0.05) is 18.2 Å². The molecule has 146 valence electrons. The number of aliphatic imine (C=N–C) groups is 1. The Morgan fingerprint density at radius 3 is 3.04 bits per heavy atom. The second-order valence-electron chi connectivity index (χ2n) is 6.86. The predicted molar refractivity (Wildman–Crippen MR) is 104 cm³/mol. The van der Waals surface area contributed by atoms with Crippen molar-refractivity contribution in [2.75, 3.05) is 32.9 Å². The molecule has 8 nitrogen and oxygen atoms in total. The fourth-order valence-corrected chi connectivity index (χ4v) is 3.26. The highest BCUT2D eigenvalue weighted by Gasteiger charge is 2.34. The minimum atomic E-state index is -0.0167. The van der Waals surface area contributed by atoms with Crippen molar-refractivity contribution in [2.45, 2.75) is 26.3 Å². The summed E-state index contributed by atoms with van der Waals surface area (Å²) in [4.78, 5) is 8.89. The normalized spacial score (nSPS) is 20.0. The molecule has 1 aromatic carbocycles. The second-order valence-corrected chi connectivity index (χ2v) is 6.86. The molecule has 0 aliphatic carbocycles. The Morgan fingerprint density at radius 2 is 2.33 bits per heavy atom. The zero-order valence-corrected chi connectivity index (χ0v) is 15.7. The number of aromatic nitrogens is 3. The summed E-state index contributed by atoms with van der Waals surface area (Å²) in [5, 5.41) is 22.9. The first-order valence-electron chi connectivity index (χ1n) is 9.40. The molecule has 1 unspecified atom stereocenters. The van der Waals surface area contributed by atoms with Gasteiger partial charge in [-0.15, -0.1) is 0 Å². The minimum Gasteiger partial charge on any atom is -0.396 e. The van der Waals surface area contributed by atoms with Gasteiger partial charge in [-0.25, -0.2) is 9.98 Å². The third-order valence-electron chi connectivity index (χ3n) is 4.84. The van der Waals surface area contributed by atoms with Crippen LogP contribution in [0.1, 0.15) is 25.3 Å². The summed E-state index contributed by atoms with van der Waals surface area (Å²) in [5.41, 5.74) is 2.07. The molecule has 1 fully saturated rings. The molecule has 27 heavy (non-hydrogen) atoms. The highest BCUT2D eigenvalue weighted by Crippen LogP contribution is 2.31. The van der Waals surface area contributed by atoms with Crippen LogP contribution in [0.25, 0.3) is 11.4 Å². The third kappa shape index (κ3) is 5.27. The molecule has 4 N–H and O–H groups in total. The smallest absolute Gasteiger partial charge is 0.191 e. The van der Waals surface area contributed by atoms with Crippen LogP contribution >= 0.6 is 0 Å². The number of hydrogen-bond acceptors (Lipinski definition) is 5. The van der Waals surface area contributed by atoms with Crippen LogP contribution in [0.3, 0.4) is 0 Å². The number of aromatic amines is 1. The molecule has 8 heteroatoms. The zero-order chi connectivity index (χ0) is 19.0. The average molecular weight is 372 g/mol. The van der Waals surface area contributed by atoms with E-state index in [2.05, 4.69) is 31.9 Å². The average Bonchev–Trinajstić information content (AvgIpc) is 3.37. The van der Waals surface area contributed by atoms with Gasteiger partial charge in [0.15, 0.2) is 11.8 Å². The van der Waals surface area contributed by atoms with E-state index in [-0.39, 0.29) is 12.0 Å². The standard InChI is InChI=1S/C19H28N6O2/c1-2-20-18(22-12-19(6-8-26)7-9-27-13-19)21-11-15-4-3-5-16(10-15)17-23-14-24-25-17/h3-5,10,14,26H,2,6-9,11-13H2,1H3,(H2,20,21,22)(H,23,24,25). The van der Waals surface area contributed by atoms with Crippen LogP contribution in [0.15, 0.2) is 35.6 Å². The van der Waals surface area contributed by atoms with Crippen LogP contribution in [0.4, 0.5) is 0 Å². The number of rotatable bonds is 8. The van der Waals surface area contributed by atoms with Crippen molar-refractivity contribution in [2.24, 2.45) is 10.4 Å². The van der Waals surface area contributed by atoms with Crippen molar-refractivity contribution in [1.29, 1.82) is 0 Å². The Labute approximate surface area is 159 Å². The molecule has 0 radical (unpaired) electrons. The van der Waals surface area contributed by atoms with Crippen LogP contribution in [-0.4, -0.2) is 59.2 Å². The quantitative estimate of drug-likeness (QED) is 0.411. The van der Waals surface area contributed by atoms with E-state index in [1.807, 2.05) is 25.1 Å². The van der Waals surface area contributed by atoms with Crippen LogP contribution in [0.2, 0.25) is 0 Å². The van der Waals surface area contributed by atoms with E-state index < -0.39 is 0 Å². The van der Waals surface area contributed by atoms with Gasteiger partial charge in [-0.05, 0) is 31.4 Å². The summed E-state index contributed by atoms with van der Waals surface area (Å²) in [6.07, 6.45) is 3.19. The fourth-order valence-electron chi connectivity index (χ4n) is 3.26. The van der Waals surface area contributed by atoms with E-state index in [0.29, 0.717) is 13.2 Å². The highest BCUT2D eigenvalue weighted by molar-refractivity contribution is 5.79. The summed E-state index contributed by atoms with van der Waals surface area (Å²) in [7, 11) is 0. The van der Waals surface area contributed by atoms with Crippen molar-refractivity contribution in [3.05, 3.63) is 36.2 Å². The molecule has 0 bridgehead atoms. The van der Waals surface area contributed by atoms with E-state index in [1.54, 1.807) is 0 Å². The number of aliphatic hydroxyl groups is 1. The minimum absolute atomic E-state index is 0.0167. The summed E-state index contributed by atoms with van der Waals surface area (Å²) in [6.45, 7) is 5.73. The van der Waals surface area contributed by atoms with Crippen molar-refractivity contribution >= 4 is 5.96 Å². The molecule has 2 aromatic rings. The third-order valence-corrected chi connectivity index (χ3v) is 4.84. The molecular formula is C19H28N6O2. The molecule has 1 aromatic heterocycles. The van der Waals surface area contributed by atoms with Gasteiger partial charge >= 0.3 is 0 Å². The Hall–Kier alpha value is -2.45. The van der Waals surface area contributed by atoms with Crippen molar-refractivity contribution in [3.8, 4) is 11.4 Å². The molecule has 2 heterocycles. The molecule has 1 aliphatic rings. The van der Waals surface area contributed by atoms with Crippen LogP contribution < -0.4 is 10.6 Å². The van der Waals surface area contributed by atoms with Crippen LogP contribution in [0.5, 0.6) is 0 Å². The highest BCUT2D eigenvalue weighted by atomic mass is 16.5. The second kappa shape index (κ2) is 9.48. The maximum absolute atomic E-state index is 9.38. The monoisotopic (exact) mass is 372 g/mol. The van der Waals surface area contributed by atoms with E-state index in [0.717, 1.165) is 55.4 Å². The zero-order valence-electron chi connectivity index (χ0n) is 15.7. The first-order chi connectivity index (χ1) is 13.2. The van der Waals surface area contributed by atoms with Gasteiger partial charge in [0.1, 0.15) is 6.33 Å². The number of benzene rings is 1.